The Bertz CT molecular complexity index is 819. The molecule has 1 N–H and O–H groups in total. The van der Waals surface area contributed by atoms with Gasteiger partial charge in [0.05, 0.1) is 0 Å². The monoisotopic (exact) mass is 366 g/mol. The molecule has 0 unspecified atom stereocenters. The van der Waals surface area contributed by atoms with Gasteiger partial charge in [0.25, 0.3) is 5.91 Å². The predicted octanol–water partition coefficient (Wildman–Crippen LogP) is 3.82. The Hall–Kier alpha value is -2.56. The number of rotatable bonds is 4. The van der Waals surface area contributed by atoms with Crippen molar-refractivity contribution in [1.82, 2.24) is 10.2 Å². The van der Waals surface area contributed by atoms with E-state index in [0.29, 0.717) is 18.7 Å². The highest BCUT2D eigenvalue weighted by atomic mass is 16.3. The van der Waals surface area contributed by atoms with Crippen molar-refractivity contribution < 1.29 is 14.0 Å². The molecule has 4 rings (SSSR count). The molecule has 5 nitrogen and oxygen atoms in total. The summed E-state index contributed by atoms with van der Waals surface area (Å²) in [7, 11) is 0. The molecule has 2 amide bonds. The number of aryl methyl sites for hydroxylation is 1. The molecule has 2 aliphatic rings. The molecule has 1 saturated heterocycles. The molecule has 5 heteroatoms. The first-order valence-corrected chi connectivity index (χ1v) is 9.77. The van der Waals surface area contributed by atoms with Crippen LogP contribution in [-0.4, -0.2) is 28.3 Å². The second-order valence-electron chi connectivity index (χ2n) is 7.85. The number of hydrogen-bond donors (Lipinski definition) is 1. The molecule has 0 bridgehead atoms. The lowest BCUT2D eigenvalue weighted by molar-refractivity contribution is -0.133. The van der Waals surface area contributed by atoms with Gasteiger partial charge in [0.15, 0.2) is 5.76 Å². The van der Waals surface area contributed by atoms with Crippen molar-refractivity contribution in [2.75, 3.05) is 0 Å². The molecular formula is C22H26N2O3. The number of benzene rings is 1. The van der Waals surface area contributed by atoms with E-state index in [-0.39, 0.29) is 23.4 Å². The second-order valence-corrected chi connectivity index (χ2v) is 7.85. The quantitative estimate of drug-likeness (QED) is 0.895. The number of nitrogens with one attached hydrogen (secondary N) is 1. The molecule has 0 atom stereocenters. The van der Waals surface area contributed by atoms with E-state index in [9.17, 15) is 9.59 Å². The summed E-state index contributed by atoms with van der Waals surface area (Å²) in [5, 5.41) is 3.09. The first kappa shape index (κ1) is 17.8. The lowest BCUT2D eigenvalue weighted by Crippen LogP contribution is -2.50. The van der Waals surface area contributed by atoms with Gasteiger partial charge in [0.2, 0.25) is 5.91 Å². The highest BCUT2D eigenvalue weighted by molar-refractivity contribution is 5.91. The molecule has 142 valence electrons. The minimum atomic E-state index is -0.146. The van der Waals surface area contributed by atoms with E-state index in [0.717, 1.165) is 37.9 Å². The maximum absolute atomic E-state index is 12.5. The van der Waals surface area contributed by atoms with Crippen molar-refractivity contribution in [1.29, 1.82) is 0 Å². The zero-order chi connectivity index (χ0) is 18.9. The zero-order valence-electron chi connectivity index (χ0n) is 15.7. The summed E-state index contributed by atoms with van der Waals surface area (Å²) in [5.74, 6) is 1.22. The number of amides is 2. The first-order chi connectivity index (χ1) is 13.1. The van der Waals surface area contributed by atoms with Crippen molar-refractivity contribution >= 4 is 11.8 Å². The number of carbonyl (C=O) groups is 2. The van der Waals surface area contributed by atoms with Crippen LogP contribution in [0.1, 0.15) is 60.4 Å². The lowest BCUT2D eigenvalue weighted by atomic mass is 9.77. The van der Waals surface area contributed by atoms with Gasteiger partial charge in [0.1, 0.15) is 5.76 Å². The zero-order valence-corrected chi connectivity index (χ0v) is 15.7. The Balaban J connectivity index is 1.39. The Morgan fingerprint density at radius 1 is 1.15 bits per heavy atom. The average molecular weight is 366 g/mol. The standard InChI is InChI=1S/C22H26N2O3/c1-16-7-8-19(27-16)21(26)23-18-9-12-22(13-10-18)14-11-20(25)24(22)15-17-5-3-2-4-6-17/h2-8,18H,9-15H2,1H3,(H,23,26). The van der Waals surface area contributed by atoms with Crippen LogP contribution >= 0.6 is 0 Å². The normalized spacial score (nSPS) is 25.1. The van der Waals surface area contributed by atoms with Gasteiger partial charge in [-0.3, -0.25) is 9.59 Å². The smallest absolute Gasteiger partial charge is 0.287 e. The molecule has 0 radical (unpaired) electrons. The van der Waals surface area contributed by atoms with Gasteiger partial charge in [-0.15, -0.1) is 0 Å². The fourth-order valence-electron chi connectivity index (χ4n) is 4.53. The Morgan fingerprint density at radius 2 is 1.89 bits per heavy atom. The SMILES string of the molecule is Cc1ccc(C(=O)NC2CCC3(CCC(=O)N3Cc3ccccc3)CC2)o1. The van der Waals surface area contributed by atoms with E-state index < -0.39 is 0 Å². The van der Waals surface area contributed by atoms with Crippen molar-refractivity contribution in [3.8, 4) is 0 Å². The Kier molecular flexibility index (Phi) is 4.77. The van der Waals surface area contributed by atoms with E-state index in [2.05, 4.69) is 22.3 Å². The van der Waals surface area contributed by atoms with Crippen molar-refractivity contribution in [3.05, 3.63) is 59.5 Å². The molecule has 1 saturated carbocycles. The third-order valence-corrected chi connectivity index (χ3v) is 6.08. The van der Waals surface area contributed by atoms with E-state index in [4.69, 9.17) is 4.42 Å². The van der Waals surface area contributed by atoms with Crippen LogP contribution in [0.5, 0.6) is 0 Å². The van der Waals surface area contributed by atoms with Crippen LogP contribution in [0.25, 0.3) is 0 Å². The first-order valence-electron chi connectivity index (χ1n) is 9.77. The topological polar surface area (TPSA) is 62.6 Å². The minimum absolute atomic E-state index is 0.0462. The van der Waals surface area contributed by atoms with E-state index in [1.165, 1.54) is 5.56 Å². The van der Waals surface area contributed by atoms with Crippen LogP contribution in [0, 0.1) is 6.92 Å². The largest absolute Gasteiger partial charge is 0.456 e. The number of hydrogen-bond acceptors (Lipinski definition) is 3. The molecule has 2 aromatic rings. The second kappa shape index (κ2) is 7.22. The Morgan fingerprint density at radius 3 is 2.56 bits per heavy atom. The summed E-state index contributed by atoms with van der Waals surface area (Å²) in [5.41, 5.74) is 1.13. The van der Waals surface area contributed by atoms with Gasteiger partial charge in [-0.1, -0.05) is 30.3 Å². The van der Waals surface area contributed by atoms with E-state index >= 15 is 0 Å². The maximum Gasteiger partial charge on any atom is 0.287 e. The van der Waals surface area contributed by atoms with Gasteiger partial charge in [-0.25, -0.2) is 0 Å². The fourth-order valence-corrected chi connectivity index (χ4v) is 4.53. The average Bonchev–Trinajstić information content (AvgIpc) is 3.24. The molecule has 1 aromatic carbocycles. The fraction of sp³-hybridized carbons (Fsp3) is 0.455. The molecule has 1 aromatic heterocycles. The third-order valence-electron chi connectivity index (χ3n) is 6.08. The molecule has 2 heterocycles. The Labute approximate surface area is 159 Å². The third kappa shape index (κ3) is 3.64. The molecule has 1 aliphatic carbocycles. The maximum atomic E-state index is 12.5. The van der Waals surface area contributed by atoms with Gasteiger partial charge < -0.3 is 14.6 Å². The number of carbonyl (C=O) groups excluding carboxylic acids is 2. The van der Waals surface area contributed by atoms with Gasteiger partial charge in [0, 0.05) is 24.5 Å². The predicted molar refractivity (Wildman–Crippen MR) is 102 cm³/mol. The number of nitrogens with zero attached hydrogens (tertiary/aromatic N) is 1. The van der Waals surface area contributed by atoms with Crippen LogP contribution in [0.2, 0.25) is 0 Å². The van der Waals surface area contributed by atoms with Crippen molar-refractivity contribution in [2.45, 2.75) is 63.6 Å². The van der Waals surface area contributed by atoms with Gasteiger partial charge in [-0.2, -0.15) is 0 Å². The summed E-state index contributed by atoms with van der Waals surface area (Å²) in [6.07, 6.45) is 5.22. The molecule has 2 fully saturated rings. The van der Waals surface area contributed by atoms with E-state index in [1.807, 2.05) is 25.1 Å². The van der Waals surface area contributed by atoms with Crippen LogP contribution in [-0.2, 0) is 11.3 Å². The lowest BCUT2D eigenvalue weighted by Gasteiger charge is -2.44. The summed E-state index contributed by atoms with van der Waals surface area (Å²) in [6.45, 7) is 2.52. The van der Waals surface area contributed by atoms with Gasteiger partial charge >= 0.3 is 0 Å². The van der Waals surface area contributed by atoms with Crippen LogP contribution in [0.15, 0.2) is 46.9 Å². The summed E-state index contributed by atoms with van der Waals surface area (Å²) in [6, 6.07) is 13.9. The van der Waals surface area contributed by atoms with Gasteiger partial charge in [-0.05, 0) is 56.7 Å². The van der Waals surface area contributed by atoms with Crippen molar-refractivity contribution in [3.63, 3.8) is 0 Å². The highest BCUT2D eigenvalue weighted by Crippen LogP contribution is 2.43. The molecule has 1 spiro atoms. The number of furan rings is 1. The van der Waals surface area contributed by atoms with Crippen LogP contribution in [0.4, 0.5) is 0 Å². The van der Waals surface area contributed by atoms with E-state index in [1.54, 1.807) is 12.1 Å². The van der Waals surface area contributed by atoms with Crippen molar-refractivity contribution in [2.24, 2.45) is 0 Å². The van der Waals surface area contributed by atoms with Crippen LogP contribution in [0.3, 0.4) is 0 Å². The summed E-state index contributed by atoms with van der Waals surface area (Å²) >= 11 is 0. The summed E-state index contributed by atoms with van der Waals surface area (Å²) < 4.78 is 5.41. The highest BCUT2D eigenvalue weighted by Gasteiger charge is 2.47. The minimum Gasteiger partial charge on any atom is -0.456 e. The number of likely N-dealkylation sites (tertiary alicyclic amines) is 1. The molecule has 27 heavy (non-hydrogen) atoms. The van der Waals surface area contributed by atoms with Crippen LogP contribution < -0.4 is 5.32 Å². The molecule has 1 aliphatic heterocycles. The summed E-state index contributed by atoms with van der Waals surface area (Å²) in [4.78, 5) is 27.0. The molecular weight excluding hydrogens is 340 g/mol.